The molecule has 0 radical (unpaired) electrons. The molecule has 3 nitrogen and oxygen atoms in total. The highest BCUT2D eigenvalue weighted by molar-refractivity contribution is 5.78. The zero-order valence-electron chi connectivity index (χ0n) is 10.5. The highest BCUT2D eigenvalue weighted by Gasteiger charge is 2.02. The summed E-state index contributed by atoms with van der Waals surface area (Å²) in [5.74, 6) is 0.111. The van der Waals surface area contributed by atoms with Crippen molar-refractivity contribution < 1.29 is 22.1 Å². The molecular weight excluding hydrogens is 236 g/mol. The molecule has 4 heteroatoms. The number of rotatable bonds is 6. The molecule has 0 aromatic heterocycles. The van der Waals surface area contributed by atoms with Gasteiger partial charge in [0.1, 0.15) is 0 Å². The van der Waals surface area contributed by atoms with Gasteiger partial charge in [-0.2, -0.15) is 0 Å². The number of amides is 1. The average Bonchev–Trinajstić information content (AvgIpc) is 2.25. The fourth-order valence-corrected chi connectivity index (χ4v) is 1.51. The third kappa shape index (κ3) is 7.77. The molecule has 1 aromatic carbocycles. The second-order valence-corrected chi connectivity index (χ2v) is 4.32. The van der Waals surface area contributed by atoms with E-state index < -0.39 is 0 Å². The SMILES string of the molecule is C[NH+](C)CCCNC(=O)Cc1ccccc1.[Cl-]. The van der Waals surface area contributed by atoms with Crippen molar-refractivity contribution in [2.75, 3.05) is 27.2 Å². The first kappa shape index (κ1) is 15.9. The Balaban J connectivity index is 0.00000256. The Morgan fingerprint density at radius 1 is 1.24 bits per heavy atom. The Bertz CT molecular complexity index is 314. The quantitative estimate of drug-likeness (QED) is 0.519. The number of carbonyl (C=O) groups excluding carboxylic acids is 1. The van der Waals surface area contributed by atoms with Crippen molar-refractivity contribution in [3.8, 4) is 0 Å². The van der Waals surface area contributed by atoms with E-state index >= 15 is 0 Å². The maximum atomic E-state index is 11.5. The molecule has 0 heterocycles. The van der Waals surface area contributed by atoms with Crippen molar-refractivity contribution >= 4 is 5.91 Å². The molecule has 96 valence electrons. The van der Waals surface area contributed by atoms with Crippen LogP contribution in [0.25, 0.3) is 0 Å². The fourth-order valence-electron chi connectivity index (χ4n) is 1.51. The standard InChI is InChI=1S/C13H20N2O.ClH/c1-15(2)10-6-9-14-13(16)11-12-7-4-3-5-8-12;/h3-5,7-8H,6,9-11H2,1-2H3,(H,14,16);1H. The van der Waals surface area contributed by atoms with E-state index in [4.69, 9.17) is 0 Å². The summed E-state index contributed by atoms with van der Waals surface area (Å²) in [6, 6.07) is 9.82. The van der Waals surface area contributed by atoms with E-state index in [2.05, 4.69) is 19.4 Å². The van der Waals surface area contributed by atoms with Crippen LogP contribution in [0.3, 0.4) is 0 Å². The van der Waals surface area contributed by atoms with E-state index in [1.54, 1.807) is 0 Å². The number of halogens is 1. The Morgan fingerprint density at radius 2 is 1.88 bits per heavy atom. The maximum Gasteiger partial charge on any atom is 0.224 e. The number of quaternary nitrogens is 1. The van der Waals surface area contributed by atoms with Gasteiger partial charge in [0.25, 0.3) is 0 Å². The van der Waals surface area contributed by atoms with Gasteiger partial charge < -0.3 is 22.6 Å². The van der Waals surface area contributed by atoms with Gasteiger partial charge in [-0.3, -0.25) is 4.79 Å². The van der Waals surface area contributed by atoms with Gasteiger partial charge in [-0.15, -0.1) is 0 Å². The van der Waals surface area contributed by atoms with Crippen LogP contribution in [0.5, 0.6) is 0 Å². The zero-order valence-corrected chi connectivity index (χ0v) is 11.3. The van der Waals surface area contributed by atoms with E-state index in [0.29, 0.717) is 6.42 Å². The summed E-state index contributed by atoms with van der Waals surface area (Å²) in [4.78, 5) is 13.0. The zero-order chi connectivity index (χ0) is 11.8. The van der Waals surface area contributed by atoms with E-state index in [-0.39, 0.29) is 18.3 Å². The van der Waals surface area contributed by atoms with E-state index in [1.807, 2.05) is 30.3 Å². The first-order valence-corrected chi connectivity index (χ1v) is 5.78. The van der Waals surface area contributed by atoms with Crippen LogP contribution in [0.15, 0.2) is 30.3 Å². The number of benzene rings is 1. The first-order valence-electron chi connectivity index (χ1n) is 5.78. The molecule has 0 unspecified atom stereocenters. The Kier molecular flexibility index (Phi) is 8.46. The summed E-state index contributed by atoms with van der Waals surface area (Å²) in [6.45, 7) is 1.86. The Labute approximate surface area is 110 Å². The second kappa shape index (κ2) is 9.02. The van der Waals surface area contributed by atoms with Gasteiger partial charge in [-0.25, -0.2) is 0 Å². The molecule has 2 N–H and O–H groups in total. The molecule has 0 spiro atoms. The monoisotopic (exact) mass is 256 g/mol. The molecule has 0 saturated carbocycles. The molecule has 0 aliphatic heterocycles. The number of carbonyl (C=O) groups is 1. The van der Waals surface area contributed by atoms with Crippen LogP contribution in [0.1, 0.15) is 12.0 Å². The molecule has 0 fully saturated rings. The molecule has 1 rings (SSSR count). The largest absolute Gasteiger partial charge is 1.00 e. The summed E-state index contributed by atoms with van der Waals surface area (Å²) >= 11 is 0. The van der Waals surface area contributed by atoms with Gasteiger partial charge in [-0.05, 0) is 5.56 Å². The van der Waals surface area contributed by atoms with Crippen molar-refractivity contribution in [3.05, 3.63) is 35.9 Å². The van der Waals surface area contributed by atoms with Crippen molar-refractivity contribution in [3.63, 3.8) is 0 Å². The van der Waals surface area contributed by atoms with Crippen LogP contribution in [-0.2, 0) is 11.2 Å². The van der Waals surface area contributed by atoms with Crippen LogP contribution < -0.4 is 22.6 Å². The topological polar surface area (TPSA) is 33.5 Å². The smallest absolute Gasteiger partial charge is 0.224 e. The third-order valence-electron chi connectivity index (χ3n) is 2.38. The van der Waals surface area contributed by atoms with Gasteiger partial charge in [-0.1, -0.05) is 30.3 Å². The number of nitrogens with one attached hydrogen (secondary N) is 2. The summed E-state index contributed by atoms with van der Waals surface area (Å²) < 4.78 is 0. The normalized spacial score (nSPS) is 9.82. The molecule has 0 aliphatic rings. The molecule has 1 amide bonds. The van der Waals surface area contributed by atoms with Crippen LogP contribution >= 0.6 is 0 Å². The summed E-state index contributed by atoms with van der Waals surface area (Å²) in [7, 11) is 4.23. The lowest BCUT2D eigenvalue weighted by atomic mass is 10.1. The predicted molar refractivity (Wildman–Crippen MR) is 65.5 cm³/mol. The highest BCUT2D eigenvalue weighted by atomic mass is 35.5. The van der Waals surface area contributed by atoms with Crippen LogP contribution in [0.4, 0.5) is 0 Å². The summed E-state index contributed by atoms with van der Waals surface area (Å²) in [5.41, 5.74) is 1.07. The van der Waals surface area contributed by atoms with Gasteiger partial charge in [0, 0.05) is 13.0 Å². The fraction of sp³-hybridized carbons (Fsp3) is 0.462. The van der Waals surface area contributed by atoms with Crippen molar-refractivity contribution in [1.29, 1.82) is 0 Å². The number of hydrogen-bond acceptors (Lipinski definition) is 1. The van der Waals surface area contributed by atoms with Crippen molar-refractivity contribution in [2.24, 2.45) is 0 Å². The highest BCUT2D eigenvalue weighted by Crippen LogP contribution is 1.98. The summed E-state index contributed by atoms with van der Waals surface area (Å²) in [6.07, 6.45) is 1.51. The lowest BCUT2D eigenvalue weighted by molar-refractivity contribution is -0.858. The Hall–Kier alpha value is -1.06. The third-order valence-corrected chi connectivity index (χ3v) is 2.38. The average molecular weight is 257 g/mol. The van der Waals surface area contributed by atoms with Gasteiger partial charge in [0.15, 0.2) is 0 Å². The minimum absolute atomic E-state index is 0. The van der Waals surface area contributed by atoms with Gasteiger partial charge in [0.05, 0.1) is 27.1 Å². The summed E-state index contributed by atoms with van der Waals surface area (Å²) in [5, 5.41) is 2.93. The minimum atomic E-state index is 0. The maximum absolute atomic E-state index is 11.5. The number of hydrogen-bond donors (Lipinski definition) is 2. The van der Waals surface area contributed by atoms with E-state index in [9.17, 15) is 4.79 Å². The van der Waals surface area contributed by atoms with Crippen LogP contribution in [0.2, 0.25) is 0 Å². The molecular formula is C13H21ClN2O. The van der Waals surface area contributed by atoms with Gasteiger partial charge in [0.2, 0.25) is 5.91 Å². The first-order chi connectivity index (χ1) is 7.68. The minimum Gasteiger partial charge on any atom is -1.00 e. The van der Waals surface area contributed by atoms with Crippen LogP contribution in [-0.4, -0.2) is 33.1 Å². The lowest BCUT2D eigenvalue weighted by Crippen LogP contribution is -3.05. The van der Waals surface area contributed by atoms with Crippen molar-refractivity contribution in [2.45, 2.75) is 12.8 Å². The predicted octanol–water partition coefficient (Wildman–Crippen LogP) is -3.12. The molecule has 0 atom stereocenters. The molecule has 17 heavy (non-hydrogen) atoms. The van der Waals surface area contributed by atoms with Crippen LogP contribution in [0, 0.1) is 0 Å². The molecule has 0 aliphatic carbocycles. The second-order valence-electron chi connectivity index (χ2n) is 4.32. The lowest BCUT2D eigenvalue weighted by Gasteiger charge is -2.08. The molecule has 1 aromatic rings. The van der Waals surface area contributed by atoms with Gasteiger partial charge >= 0.3 is 0 Å². The van der Waals surface area contributed by atoms with Crippen molar-refractivity contribution in [1.82, 2.24) is 5.32 Å². The van der Waals surface area contributed by atoms with E-state index in [0.717, 1.165) is 25.1 Å². The Morgan fingerprint density at radius 3 is 2.47 bits per heavy atom. The van der Waals surface area contributed by atoms with E-state index in [1.165, 1.54) is 4.90 Å². The molecule has 0 bridgehead atoms. The molecule has 0 saturated heterocycles.